The fraction of sp³-hybridized carbons (Fsp3) is 0.200. The molecule has 0 bridgehead atoms. The lowest BCUT2D eigenvalue weighted by molar-refractivity contribution is 0.175. The molecule has 0 aromatic heterocycles. The Labute approximate surface area is 116 Å². The van der Waals surface area contributed by atoms with Gasteiger partial charge in [0.15, 0.2) is 5.67 Å². The minimum atomic E-state index is -1.71. The molecule has 1 unspecified atom stereocenters. The van der Waals surface area contributed by atoms with Crippen LogP contribution in [0.25, 0.3) is 0 Å². The van der Waals surface area contributed by atoms with Crippen LogP contribution in [0.2, 0.25) is 5.02 Å². The van der Waals surface area contributed by atoms with E-state index in [0.717, 1.165) is 0 Å². The van der Waals surface area contributed by atoms with E-state index in [1.54, 1.807) is 30.3 Å². The SMILES string of the molecule is NCC(F)(Cc1ccc(Cl)c(F)c1)c1ccccc1. The lowest BCUT2D eigenvalue weighted by Gasteiger charge is -2.24. The minimum absolute atomic E-state index is 0.0155. The van der Waals surface area contributed by atoms with Crippen LogP contribution in [0, 0.1) is 5.82 Å². The molecule has 1 nitrogen and oxygen atoms in total. The summed E-state index contributed by atoms with van der Waals surface area (Å²) in [5, 5.41) is 0.0284. The number of hydrogen-bond acceptors (Lipinski definition) is 1. The van der Waals surface area contributed by atoms with Crippen LogP contribution in [-0.2, 0) is 12.1 Å². The van der Waals surface area contributed by atoms with Gasteiger partial charge in [-0.25, -0.2) is 8.78 Å². The maximum absolute atomic E-state index is 14.9. The largest absolute Gasteiger partial charge is 0.327 e. The number of rotatable bonds is 4. The molecule has 19 heavy (non-hydrogen) atoms. The Kier molecular flexibility index (Phi) is 4.17. The van der Waals surface area contributed by atoms with Crippen molar-refractivity contribution >= 4 is 11.6 Å². The first-order chi connectivity index (χ1) is 9.05. The minimum Gasteiger partial charge on any atom is -0.327 e. The van der Waals surface area contributed by atoms with Crippen molar-refractivity contribution in [1.29, 1.82) is 0 Å². The maximum atomic E-state index is 14.9. The summed E-state index contributed by atoms with van der Waals surface area (Å²) in [5.41, 5.74) is 4.87. The van der Waals surface area contributed by atoms with Crippen molar-refractivity contribution in [1.82, 2.24) is 0 Å². The first-order valence-corrected chi connectivity index (χ1v) is 6.31. The molecule has 0 saturated carbocycles. The Balaban J connectivity index is 2.30. The normalized spacial score (nSPS) is 14.1. The van der Waals surface area contributed by atoms with Crippen molar-refractivity contribution in [2.45, 2.75) is 12.1 Å². The summed E-state index contributed by atoms with van der Waals surface area (Å²) in [6.07, 6.45) is 0.0155. The molecule has 0 spiro atoms. The molecule has 2 N–H and O–H groups in total. The smallest absolute Gasteiger partial charge is 0.152 e. The third-order valence-electron chi connectivity index (χ3n) is 3.08. The van der Waals surface area contributed by atoms with Gasteiger partial charge in [0.05, 0.1) is 5.02 Å². The van der Waals surface area contributed by atoms with Gasteiger partial charge in [0.25, 0.3) is 0 Å². The van der Waals surface area contributed by atoms with Gasteiger partial charge in [-0.1, -0.05) is 48.0 Å². The topological polar surface area (TPSA) is 26.0 Å². The molecule has 0 radical (unpaired) electrons. The molecular weight excluding hydrogens is 268 g/mol. The molecule has 4 heteroatoms. The lowest BCUT2D eigenvalue weighted by atomic mass is 9.89. The summed E-state index contributed by atoms with van der Waals surface area (Å²) in [6, 6.07) is 13.0. The molecule has 0 amide bonds. The van der Waals surface area contributed by atoms with Gasteiger partial charge < -0.3 is 5.73 Å². The predicted octanol–water partition coefficient (Wildman–Crippen LogP) is 3.85. The molecule has 0 aliphatic heterocycles. The van der Waals surface area contributed by atoms with Gasteiger partial charge in [0, 0.05) is 13.0 Å². The van der Waals surface area contributed by atoms with E-state index in [1.165, 1.54) is 12.1 Å². The highest BCUT2D eigenvalue weighted by atomic mass is 35.5. The van der Waals surface area contributed by atoms with E-state index in [0.29, 0.717) is 11.1 Å². The monoisotopic (exact) mass is 281 g/mol. The zero-order chi connectivity index (χ0) is 13.9. The average Bonchev–Trinajstić information content (AvgIpc) is 2.44. The van der Waals surface area contributed by atoms with Crippen molar-refractivity contribution < 1.29 is 8.78 Å². The van der Waals surface area contributed by atoms with Gasteiger partial charge in [-0.05, 0) is 23.3 Å². The molecule has 0 aliphatic carbocycles. The van der Waals surface area contributed by atoms with Gasteiger partial charge >= 0.3 is 0 Å². The van der Waals surface area contributed by atoms with Crippen LogP contribution in [0.5, 0.6) is 0 Å². The molecule has 2 rings (SSSR count). The number of alkyl halides is 1. The molecule has 2 aromatic carbocycles. The van der Waals surface area contributed by atoms with Gasteiger partial charge in [0.1, 0.15) is 5.82 Å². The molecule has 100 valence electrons. The fourth-order valence-corrected chi connectivity index (χ4v) is 2.12. The second-order valence-corrected chi connectivity index (χ2v) is 4.87. The third kappa shape index (κ3) is 3.11. The van der Waals surface area contributed by atoms with Gasteiger partial charge in [-0.15, -0.1) is 0 Å². The van der Waals surface area contributed by atoms with Crippen molar-refractivity contribution in [2.75, 3.05) is 6.54 Å². The molecule has 1 atom stereocenters. The summed E-state index contributed by atoms with van der Waals surface area (Å²) in [7, 11) is 0. The van der Waals surface area contributed by atoms with Crippen LogP contribution in [0.1, 0.15) is 11.1 Å². The Morgan fingerprint density at radius 1 is 1.11 bits per heavy atom. The van der Waals surface area contributed by atoms with Crippen LogP contribution < -0.4 is 5.73 Å². The van der Waals surface area contributed by atoms with E-state index in [1.807, 2.05) is 6.07 Å². The summed E-state index contributed by atoms with van der Waals surface area (Å²) in [6.45, 7) is -0.165. The first-order valence-electron chi connectivity index (χ1n) is 5.93. The van der Waals surface area contributed by atoms with Crippen molar-refractivity contribution in [3.8, 4) is 0 Å². The molecule has 0 aliphatic rings. The highest BCUT2D eigenvalue weighted by Crippen LogP contribution is 2.30. The Morgan fingerprint density at radius 3 is 2.37 bits per heavy atom. The second kappa shape index (κ2) is 5.68. The maximum Gasteiger partial charge on any atom is 0.152 e. The van der Waals surface area contributed by atoms with Crippen molar-refractivity contribution in [2.24, 2.45) is 5.73 Å². The second-order valence-electron chi connectivity index (χ2n) is 4.46. The zero-order valence-electron chi connectivity index (χ0n) is 10.2. The van der Waals surface area contributed by atoms with Crippen molar-refractivity contribution in [3.05, 3.63) is 70.5 Å². The van der Waals surface area contributed by atoms with Crippen LogP contribution in [0.4, 0.5) is 8.78 Å². The predicted molar refractivity (Wildman–Crippen MR) is 73.4 cm³/mol. The number of halogens is 3. The van der Waals surface area contributed by atoms with Crippen molar-refractivity contribution in [3.63, 3.8) is 0 Å². The quantitative estimate of drug-likeness (QED) is 0.905. The van der Waals surface area contributed by atoms with Gasteiger partial charge in [0.2, 0.25) is 0 Å². The number of hydrogen-bond donors (Lipinski definition) is 1. The third-order valence-corrected chi connectivity index (χ3v) is 3.39. The van der Waals surface area contributed by atoms with Crippen LogP contribution in [0.15, 0.2) is 48.5 Å². The van der Waals surface area contributed by atoms with Gasteiger partial charge in [-0.2, -0.15) is 0 Å². The van der Waals surface area contributed by atoms with E-state index in [-0.39, 0.29) is 18.0 Å². The summed E-state index contributed by atoms with van der Waals surface area (Å²) in [5.74, 6) is -0.549. The molecule has 0 heterocycles. The molecule has 2 aromatic rings. The highest BCUT2D eigenvalue weighted by molar-refractivity contribution is 6.30. The lowest BCUT2D eigenvalue weighted by Crippen LogP contribution is -2.32. The standard InChI is InChI=1S/C15H14ClF2N/c16-13-7-6-11(8-14(13)17)9-15(18,10-19)12-4-2-1-3-5-12/h1-8H,9-10,19H2. The van der Waals surface area contributed by atoms with Crippen LogP contribution in [-0.4, -0.2) is 6.54 Å². The molecule has 0 fully saturated rings. The average molecular weight is 282 g/mol. The van der Waals surface area contributed by atoms with Gasteiger partial charge in [-0.3, -0.25) is 0 Å². The molecule has 0 saturated heterocycles. The van der Waals surface area contributed by atoms with Crippen LogP contribution >= 0.6 is 11.6 Å². The van der Waals surface area contributed by atoms with E-state index in [9.17, 15) is 8.78 Å². The fourth-order valence-electron chi connectivity index (χ4n) is 2.00. The number of nitrogens with two attached hydrogens (primary N) is 1. The summed E-state index contributed by atoms with van der Waals surface area (Å²) < 4.78 is 28.3. The summed E-state index contributed by atoms with van der Waals surface area (Å²) in [4.78, 5) is 0. The van der Waals surface area contributed by atoms with E-state index in [4.69, 9.17) is 17.3 Å². The number of benzene rings is 2. The molecular formula is C15H14ClF2N. The zero-order valence-corrected chi connectivity index (χ0v) is 11.0. The van der Waals surface area contributed by atoms with Crippen LogP contribution in [0.3, 0.4) is 0 Å². The van der Waals surface area contributed by atoms with E-state index >= 15 is 0 Å². The Bertz CT molecular complexity index is 559. The first kappa shape index (κ1) is 14.0. The Hall–Kier alpha value is -1.45. The summed E-state index contributed by atoms with van der Waals surface area (Å²) >= 11 is 5.61. The Morgan fingerprint density at radius 2 is 1.79 bits per heavy atom. The highest BCUT2D eigenvalue weighted by Gasteiger charge is 2.30. The van der Waals surface area contributed by atoms with E-state index < -0.39 is 11.5 Å². The van der Waals surface area contributed by atoms with E-state index in [2.05, 4.69) is 0 Å².